The van der Waals surface area contributed by atoms with Crippen molar-refractivity contribution >= 4 is 39.6 Å². The maximum atomic E-state index is 12.6. The Kier molecular flexibility index (Phi) is 4.26. The van der Waals surface area contributed by atoms with E-state index in [4.69, 9.17) is 0 Å². The standard InChI is InChI=1S/C18H17N5O2S/c1-2-22-8-5-12-6-9-23(18(25)16(12)22)10-7-19-17(24)13-3-4-14-15(11-13)21-26-20-14/h3-6,8-9,11H,2,7,10H2,1H3,(H,19,24). The van der Waals surface area contributed by atoms with Gasteiger partial charge in [-0.2, -0.15) is 8.75 Å². The fourth-order valence-electron chi connectivity index (χ4n) is 3.00. The molecule has 3 heterocycles. The van der Waals surface area contributed by atoms with E-state index in [1.54, 1.807) is 29.0 Å². The molecule has 0 aliphatic rings. The second kappa shape index (κ2) is 6.72. The molecule has 0 saturated heterocycles. The lowest BCUT2D eigenvalue weighted by molar-refractivity contribution is 0.0952. The van der Waals surface area contributed by atoms with Crippen LogP contribution < -0.4 is 10.9 Å². The lowest BCUT2D eigenvalue weighted by Gasteiger charge is -2.09. The number of nitrogens with one attached hydrogen (secondary N) is 1. The van der Waals surface area contributed by atoms with E-state index in [1.165, 1.54) is 0 Å². The Morgan fingerprint density at radius 3 is 2.69 bits per heavy atom. The minimum Gasteiger partial charge on any atom is -0.350 e. The van der Waals surface area contributed by atoms with Gasteiger partial charge in [0.05, 0.1) is 11.7 Å². The molecule has 26 heavy (non-hydrogen) atoms. The normalized spacial score (nSPS) is 11.3. The van der Waals surface area contributed by atoms with E-state index in [0.29, 0.717) is 29.7 Å². The van der Waals surface area contributed by atoms with Crippen LogP contribution in [0.25, 0.3) is 21.9 Å². The van der Waals surface area contributed by atoms with Crippen molar-refractivity contribution in [2.75, 3.05) is 6.54 Å². The van der Waals surface area contributed by atoms with E-state index < -0.39 is 0 Å². The van der Waals surface area contributed by atoms with Gasteiger partial charge in [0.15, 0.2) is 0 Å². The molecule has 3 aromatic heterocycles. The van der Waals surface area contributed by atoms with E-state index in [9.17, 15) is 9.59 Å². The molecule has 0 aliphatic heterocycles. The smallest absolute Gasteiger partial charge is 0.275 e. The summed E-state index contributed by atoms with van der Waals surface area (Å²) in [7, 11) is 0. The lowest BCUT2D eigenvalue weighted by Crippen LogP contribution is -2.31. The molecular weight excluding hydrogens is 350 g/mol. The molecule has 0 radical (unpaired) electrons. The zero-order valence-corrected chi connectivity index (χ0v) is 15.0. The highest BCUT2D eigenvalue weighted by Crippen LogP contribution is 2.13. The monoisotopic (exact) mass is 367 g/mol. The van der Waals surface area contributed by atoms with Crippen LogP contribution in [0.2, 0.25) is 0 Å². The minimum atomic E-state index is -0.189. The number of aromatic nitrogens is 4. The van der Waals surface area contributed by atoms with Crippen LogP contribution in [0.15, 0.2) is 47.5 Å². The second-order valence-corrected chi connectivity index (χ2v) is 6.47. The van der Waals surface area contributed by atoms with Crippen molar-refractivity contribution in [1.82, 2.24) is 23.2 Å². The van der Waals surface area contributed by atoms with Crippen LogP contribution in [0.3, 0.4) is 0 Å². The maximum absolute atomic E-state index is 12.6. The van der Waals surface area contributed by atoms with Crippen molar-refractivity contribution in [3.63, 3.8) is 0 Å². The van der Waals surface area contributed by atoms with Gasteiger partial charge in [0.2, 0.25) is 0 Å². The summed E-state index contributed by atoms with van der Waals surface area (Å²) >= 11 is 1.12. The zero-order valence-electron chi connectivity index (χ0n) is 14.2. The van der Waals surface area contributed by atoms with Crippen LogP contribution >= 0.6 is 11.7 Å². The summed E-state index contributed by atoms with van der Waals surface area (Å²) in [6, 6.07) is 9.10. The molecule has 0 saturated carbocycles. The topological polar surface area (TPSA) is 81.8 Å². The van der Waals surface area contributed by atoms with Gasteiger partial charge in [0.1, 0.15) is 16.6 Å². The van der Waals surface area contributed by atoms with Gasteiger partial charge >= 0.3 is 0 Å². The molecule has 1 aromatic carbocycles. The fraction of sp³-hybridized carbons (Fsp3) is 0.222. The zero-order chi connectivity index (χ0) is 18.1. The van der Waals surface area contributed by atoms with Gasteiger partial charge in [-0.05, 0) is 37.3 Å². The first-order valence-electron chi connectivity index (χ1n) is 8.36. The number of amides is 1. The van der Waals surface area contributed by atoms with E-state index in [-0.39, 0.29) is 11.5 Å². The molecule has 4 rings (SSSR count). The molecule has 1 N–H and O–H groups in total. The number of rotatable bonds is 5. The number of benzene rings is 1. The number of pyridine rings is 1. The molecule has 132 valence electrons. The van der Waals surface area contributed by atoms with Crippen LogP contribution in [-0.2, 0) is 13.1 Å². The molecule has 0 unspecified atom stereocenters. The van der Waals surface area contributed by atoms with Crippen molar-refractivity contribution in [3.8, 4) is 0 Å². The number of carbonyl (C=O) groups excluding carboxylic acids is 1. The molecule has 0 fully saturated rings. The molecular formula is C18H17N5O2S. The van der Waals surface area contributed by atoms with E-state index in [1.807, 2.05) is 29.8 Å². The molecule has 0 bridgehead atoms. The summed E-state index contributed by atoms with van der Waals surface area (Å²) in [4.78, 5) is 25.0. The summed E-state index contributed by atoms with van der Waals surface area (Å²) < 4.78 is 11.8. The number of hydrogen-bond acceptors (Lipinski definition) is 5. The SMILES string of the molecule is CCn1ccc2ccn(CCNC(=O)c3ccc4nsnc4c3)c(=O)c21. The number of hydrogen-bond donors (Lipinski definition) is 1. The van der Waals surface area contributed by atoms with Crippen molar-refractivity contribution in [2.24, 2.45) is 0 Å². The maximum Gasteiger partial charge on any atom is 0.275 e. The van der Waals surface area contributed by atoms with Crippen molar-refractivity contribution in [1.29, 1.82) is 0 Å². The third-order valence-corrected chi connectivity index (χ3v) is 4.94. The number of nitrogens with zero attached hydrogens (tertiary/aromatic N) is 4. The van der Waals surface area contributed by atoms with Gasteiger partial charge in [0.25, 0.3) is 11.5 Å². The molecule has 4 aromatic rings. The number of fused-ring (bicyclic) bond motifs is 2. The molecule has 0 spiro atoms. The van der Waals surface area contributed by atoms with Crippen LogP contribution in [0.4, 0.5) is 0 Å². The van der Waals surface area contributed by atoms with Gasteiger partial charge in [-0.25, -0.2) is 0 Å². The van der Waals surface area contributed by atoms with Crippen molar-refractivity contribution in [3.05, 3.63) is 58.6 Å². The first-order chi connectivity index (χ1) is 12.7. The van der Waals surface area contributed by atoms with Gasteiger partial charge in [-0.1, -0.05) is 0 Å². The third-order valence-electron chi connectivity index (χ3n) is 4.39. The van der Waals surface area contributed by atoms with Gasteiger partial charge in [-0.15, -0.1) is 0 Å². The third kappa shape index (κ3) is 2.88. The highest BCUT2D eigenvalue weighted by Gasteiger charge is 2.10. The predicted octanol–water partition coefficient (Wildman–Crippen LogP) is 2.26. The average molecular weight is 367 g/mol. The summed E-state index contributed by atoms with van der Waals surface area (Å²) in [5.41, 5.74) is 2.68. The first-order valence-corrected chi connectivity index (χ1v) is 9.09. The van der Waals surface area contributed by atoms with Gasteiger partial charge in [0, 0.05) is 43.0 Å². The van der Waals surface area contributed by atoms with Crippen LogP contribution in [0.1, 0.15) is 17.3 Å². The largest absolute Gasteiger partial charge is 0.350 e. The summed E-state index contributed by atoms with van der Waals surface area (Å²) in [5.74, 6) is -0.189. The molecule has 0 aliphatic carbocycles. The lowest BCUT2D eigenvalue weighted by atomic mass is 10.2. The summed E-state index contributed by atoms with van der Waals surface area (Å²) in [6.07, 6.45) is 3.69. The quantitative estimate of drug-likeness (QED) is 0.587. The van der Waals surface area contributed by atoms with Crippen LogP contribution in [0.5, 0.6) is 0 Å². The van der Waals surface area contributed by atoms with E-state index in [0.717, 1.165) is 29.2 Å². The fourth-order valence-corrected chi connectivity index (χ4v) is 3.52. The Hall–Kier alpha value is -3.00. The molecule has 8 heteroatoms. The number of carbonyl (C=O) groups is 1. The Bertz CT molecular complexity index is 1160. The number of aryl methyl sites for hydroxylation is 1. The Morgan fingerprint density at radius 2 is 1.88 bits per heavy atom. The van der Waals surface area contributed by atoms with Crippen molar-refractivity contribution < 1.29 is 4.79 Å². The van der Waals surface area contributed by atoms with Crippen LogP contribution in [-0.4, -0.2) is 30.3 Å². The summed E-state index contributed by atoms with van der Waals surface area (Å²) in [6.45, 7) is 3.53. The van der Waals surface area contributed by atoms with E-state index >= 15 is 0 Å². The summed E-state index contributed by atoms with van der Waals surface area (Å²) in [5, 5.41) is 3.78. The highest BCUT2D eigenvalue weighted by molar-refractivity contribution is 7.00. The Balaban J connectivity index is 1.47. The second-order valence-electron chi connectivity index (χ2n) is 5.94. The molecule has 1 amide bonds. The average Bonchev–Trinajstić information content (AvgIpc) is 3.29. The highest BCUT2D eigenvalue weighted by atomic mass is 32.1. The molecule has 0 atom stereocenters. The van der Waals surface area contributed by atoms with E-state index in [2.05, 4.69) is 14.1 Å². The predicted molar refractivity (Wildman–Crippen MR) is 102 cm³/mol. The Labute approximate surface area is 153 Å². The first kappa shape index (κ1) is 16.5. The molecule has 7 nitrogen and oxygen atoms in total. The van der Waals surface area contributed by atoms with Gasteiger partial charge in [-0.3, -0.25) is 9.59 Å². The minimum absolute atomic E-state index is 0.0430. The van der Waals surface area contributed by atoms with Crippen LogP contribution in [0, 0.1) is 0 Å². The van der Waals surface area contributed by atoms with Crippen molar-refractivity contribution in [2.45, 2.75) is 20.0 Å². The Morgan fingerprint density at radius 1 is 1.12 bits per heavy atom. The van der Waals surface area contributed by atoms with Gasteiger partial charge < -0.3 is 14.5 Å².